The fourth-order valence-electron chi connectivity index (χ4n) is 3.04. The molecule has 2 atom stereocenters. The van der Waals surface area contributed by atoms with Gasteiger partial charge >= 0.3 is 39.0 Å². The van der Waals surface area contributed by atoms with Crippen molar-refractivity contribution >= 4 is 32.0 Å². The van der Waals surface area contributed by atoms with Crippen molar-refractivity contribution < 1.29 is 48.9 Å². The quantitative estimate of drug-likeness (QED) is 0.151. The minimum absolute atomic E-state index is 0. The molecule has 34 heavy (non-hydrogen) atoms. The molecule has 2 aliphatic heterocycles. The average molecular weight is 688 g/mol. The molecule has 0 amide bonds. The summed E-state index contributed by atoms with van der Waals surface area (Å²) >= 11 is 9.84. The molecule has 1 N–H and O–H groups in total. The molecule has 2 unspecified atom stereocenters. The van der Waals surface area contributed by atoms with E-state index in [0.717, 1.165) is 33.0 Å². The molecule has 2 saturated heterocycles. The van der Waals surface area contributed by atoms with Crippen LogP contribution in [0, 0.1) is 54.7 Å². The van der Waals surface area contributed by atoms with Gasteiger partial charge in [0.05, 0.1) is 0 Å². The summed E-state index contributed by atoms with van der Waals surface area (Å²) in [5, 5.41) is 15.8. The molecule has 8 heteroatoms. The van der Waals surface area contributed by atoms with Crippen LogP contribution in [0.25, 0.3) is 10.6 Å². The predicted molar refractivity (Wildman–Crippen MR) is 150 cm³/mol. The van der Waals surface area contributed by atoms with Crippen molar-refractivity contribution in [2.75, 3.05) is 20.2 Å². The molecule has 3 rings (SSSR count). The third-order valence-corrected chi connectivity index (χ3v) is 5.51. The number of allylic oxidation sites excluding steroid dienone is 2. The third-order valence-electron chi connectivity index (χ3n) is 4.74. The zero-order chi connectivity index (χ0) is 21.6. The predicted octanol–water partition coefficient (Wildman–Crippen LogP) is 6.74. The van der Waals surface area contributed by atoms with E-state index < -0.39 is 0 Å². The number of piperidine rings is 2. The SMILES string of the molecule is CO.[CH-]=CC1CCC(C=[CH-])CC1.[CH-]=O.[CH3-].[CH3-].[CH3-].[CH3-].[Ru+5].[Ru+6].[S-]C1CCCC[N-]1.[S-]C1CCCC[N-]1. The Morgan fingerprint density at radius 2 is 0.941 bits per heavy atom. The zero-order valence-corrected chi connectivity index (χ0v) is 27.1. The molecule has 3 aliphatic rings. The van der Waals surface area contributed by atoms with E-state index in [1.807, 2.05) is 12.2 Å². The van der Waals surface area contributed by atoms with Crippen molar-refractivity contribution in [1.29, 1.82) is 0 Å². The zero-order valence-electron chi connectivity index (χ0n) is 22.0. The fourth-order valence-corrected chi connectivity index (χ4v) is 3.59. The van der Waals surface area contributed by atoms with Crippen LogP contribution in [0.3, 0.4) is 0 Å². The Kier molecular flexibility index (Phi) is 71.8. The molecule has 1 aliphatic carbocycles. The van der Waals surface area contributed by atoms with Crippen molar-refractivity contribution in [1.82, 2.24) is 0 Å². The largest absolute Gasteiger partial charge is 6.00 e. The van der Waals surface area contributed by atoms with Gasteiger partial charge in [0.15, 0.2) is 0 Å². The van der Waals surface area contributed by atoms with Crippen molar-refractivity contribution in [3.8, 4) is 0 Å². The first-order valence-electron chi connectivity index (χ1n) is 10.1. The van der Waals surface area contributed by atoms with E-state index in [1.54, 1.807) is 0 Å². The van der Waals surface area contributed by atoms with E-state index in [1.165, 1.54) is 51.4 Å². The average Bonchev–Trinajstić information content (AvgIpc) is 2.78. The molecule has 203 valence electrons. The molecule has 2 heterocycles. The molecule has 0 bridgehead atoms. The number of nitrogens with zero attached hydrogens (tertiary/aromatic N) is 2. The van der Waals surface area contributed by atoms with E-state index in [2.05, 4.69) is 17.4 Å². The summed E-state index contributed by atoms with van der Waals surface area (Å²) in [6.07, 6.45) is 15.9. The first-order valence-corrected chi connectivity index (χ1v) is 11.0. The van der Waals surface area contributed by atoms with E-state index in [4.69, 9.17) is 48.3 Å². The summed E-state index contributed by atoms with van der Waals surface area (Å²) in [4.78, 5) is 7.75. The Morgan fingerprint density at radius 3 is 1.06 bits per heavy atom. The molecule has 0 aromatic carbocycles. The van der Waals surface area contributed by atoms with Gasteiger partial charge < -0.3 is 88.7 Å². The summed E-state index contributed by atoms with van der Waals surface area (Å²) < 4.78 is 0. The smallest absolute Gasteiger partial charge is 0.812 e. The van der Waals surface area contributed by atoms with Gasteiger partial charge in [-0.3, -0.25) is 29.7 Å². The number of aliphatic hydroxyl groups is 1. The van der Waals surface area contributed by atoms with Crippen LogP contribution >= 0.6 is 0 Å². The number of rotatable bonds is 2. The molecule has 0 spiro atoms. The molecule has 1 radical (unpaired) electrons. The van der Waals surface area contributed by atoms with E-state index >= 15 is 0 Å². The van der Waals surface area contributed by atoms with Gasteiger partial charge in [0.1, 0.15) is 0 Å². The van der Waals surface area contributed by atoms with Crippen LogP contribution in [0.4, 0.5) is 0 Å². The van der Waals surface area contributed by atoms with Crippen LogP contribution in [0.5, 0.6) is 0 Å². The minimum atomic E-state index is 0. The summed E-state index contributed by atoms with van der Waals surface area (Å²) in [5.41, 5.74) is 0. The fraction of sp³-hybridized carbons (Fsp3) is 0.654. The van der Waals surface area contributed by atoms with E-state index in [9.17, 15) is 0 Å². The second-order valence-corrected chi connectivity index (χ2v) is 7.86. The topological polar surface area (TPSA) is 65.5 Å². The van der Waals surface area contributed by atoms with Crippen molar-refractivity contribution in [2.24, 2.45) is 11.8 Å². The van der Waals surface area contributed by atoms with Gasteiger partial charge in [-0.05, 0) is 25.7 Å². The van der Waals surface area contributed by atoms with Gasteiger partial charge in [-0.15, -0.1) is 0 Å². The van der Waals surface area contributed by atoms with Crippen molar-refractivity contribution in [2.45, 2.75) is 75.0 Å². The van der Waals surface area contributed by atoms with Crippen LogP contribution < -0.4 is 0 Å². The van der Waals surface area contributed by atoms with Gasteiger partial charge in [0.2, 0.25) is 0 Å². The second-order valence-electron chi connectivity index (χ2n) is 6.77. The molecule has 0 aromatic rings. The Hall–Kier alpha value is 0.977. The number of hydrogen-bond acceptors (Lipinski definition) is 4. The van der Waals surface area contributed by atoms with Crippen LogP contribution in [-0.4, -0.2) is 42.8 Å². The minimum Gasteiger partial charge on any atom is -0.812 e. The molecule has 1 saturated carbocycles. The molecule has 0 aromatic heterocycles. The summed E-state index contributed by atoms with van der Waals surface area (Å²) in [5.74, 6) is 1.30. The van der Waals surface area contributed by atoms with Gasteiger partial charge in [-0.2, -0.15) is 13.1 Å². The second kappa shape index (κ2) is 44.0. The van der Waals surface area contributed by atoms with Gasteiger partial charge in [-0.1, -0.05) is 50.4 Å². The monoisotopic (exact) mass is 689 g/mol. The number of hydrogen-bond donors (Lipinski definition) is 1. The molecular weight excluding hydrogens is 639 g/mol. The molecule has 4 nitrogen and oxygen atoms in total. The Labute approximate surface area is 252 Å². The summed E-state index contributed by atoms with van der Waals surface area (Å²) in [7, 11) is 1.00. The van der Waals surface area contributed by atoms with Crippen LogP contribution in [0.1, 0.15) is 64.2 Å². The standard InChI is InChI=1S/C10H14.2C5H10NS.CH4O.CHO.4CH3.2Ru/c1-3-9-5-7-10(4-2)8-6-9;2*7-5-3-1-2-4-6-5;2*1-2;;;;;;/h1-4,9-10H,5-8H2;2*5,7H,1-4H2;2H,1H3;1H;4*1H3;;/q-2;2*-1;;5*-1;+5;+6/p-2. The Balaban J connectivity index is -0.0000000432. The van der Waals surface area contributed by atoms with Crippen LogP contribution in [0.15, 0.2) is 12.2 Å². The Morgan fingerprint density at radius 1 is 0.676 bits per heavy atom. The number of aliphatic hydroxyl groups excluding tert-OH is 1. The van der Waals surface area contributed by atoms with Crippen LogP contribution in [0.2, 0.25) is 0 Å². The van der Waals surface area contributed by atoms with Gasteiger partial charge in [0.25, 0.3) is 0 Å². The summed E-state index contributed by atoms with van der Waals surface area (Å²) in [6, 6.07) is 0. The molecular formula is C26H49N2O2Ru2S2. The van der Waals surface area contributed by atoms with E-state index in [-0.39, 0.29) is 79.4 Å². The van der Waals surface area contributed by atoms with Gasteiger partial charge in [-0.25, -0.2) is 0 Å². The van der Waals surface area contributed by atoms with Crippen molar-refractivity contribution in [3.05, 3.63) is 65.7 Å². The first kappa shape index (κ1) is 55.5. The maximum atomic E-state index is 7.75. The maximum Gasteiger partial charge on any atom is 6.00 e. The third kappa shape index (κ3) is 35.1. The van der Waals surface area contributed by atoms with E-state index in [0.29, 0.717) is 11.8 Å². The maximum absolute atomic E-state index is 7.75. The van der Waals surface area contributed by atoms with Gasteiger partial charge in [0, 0.05) is 7.11 Å². The number of carbonyl (C=O) groups excluding carboxylic acids is 1. The normalized spacial score (nSPS) is 23.6. The molecule has 3 fully saturated rings. The summed E-state index contributed by atoms with van der Waals surface area (Å²) in [6.45, 7) is 16.1. The van der Waals surface area contributed by atoms with Crippen LogP contribution in [-0.2, 0) is 69.0 Å². The van der Waals surface area contributed by atoms with Crippen molar-refractivity contribution in [3.63, 3.8) is 0 Å². The Bertz CT molecular complexity index is 320. The first-order chi connectivity index (χ1) is 13.7.